The topological polar surface area (TPSA) is 27.1 Å². The number of aromatic nitrogens is 2. The Morgan fingerprint density at radius 2 is 2.06 bits per heavy atom. The molecule has 0 bridgehead atoms. The molecule has 1 aromatic heterocycles. The second kappa shape index (κ2) is 4.59. The van der Waals surface area contributed by atoms with Crippen LogP contribution in [0.15, 0.2) is 33.5 Å². The summed E-state index contributed by atoms with van der Waals surface area (Å²) >= 11 is 6.81. The van der Waals surface area contributed by atoms with Crippen molar-refractivity contribution < 1.29 is 4.74 Å². The lowest BCUT2D eigenvalue weighted by molar-refractivity contribution is 0.416. The third-order valence-corrected chi connectivity index (χ3v) is 3.12. The van der Waals surface area contributed by atoms with Crippen molar-refractivity contribution in [2.75, 3.05) is 7.11 Å². The summed E-state index contributed by atoms with van der Waals surface area (Å²) in [5.74, 6) is 1.68. The minimum Gasteiger partial charge on any atom is -0.496 e. The highest BCUT2D eigenvalue weighted by atomic mass is 79.9. The third kappa shape index (κ3) is 2.15. The molecule has 84 valence electrons. The largest absolute Gasteiger partial charge is 0.496 e. The van der Waals surface area contributed by atoms with E-state index in [9.17, 15) is 0 Å². The van der Waals surface area contributed by atoms with Gasteiger partial charge in [0.2, 0.25) is 0 Å². The molecule has 0 unspecified atom stereocenters. The lowest BCUT2D eigenvalue weighted by atomic mass is 10.2. The summed E-state index contributed by atoms with van der Waals surface area (Å²) in [4.78, 5) is 4.41. The van der Waals surface area contributed by atoms with Crippen LogP contribution < -0.4 is 4.74 Å². The van der Waals surface area contributed by atoms with E-state index in [0.717, 1.165) is 26.2 Å². The number of halogens is 2. The third-order valence-electron chi connectivity index (χ3n) is 2.25. The van der Waals surface area contributed by atoms with E-state index in [0.29, 0.717) is 0 Å². The first kappa shape index (κ1) is 11.7. The molecule has 0 spiro atoms. The Morgan fingerprint density at radius 1 is 1.31 bits per heavy atom. The predicted octanol–water partition coefficient (Wildman–Crippen LogP) is 3.62. The van der Waals surface area contributed by atoms with Crippen molar-refractivity contribution in [2.45, 2.75) is 0 Å². The molecule has 0 saturated carbocycles. The van der Waals surface area contributed by atoms with Gasteiger partial charge in [0.05, 0.1) is 12.7 Å². The maximum Gasteiger partial charge on any atom is 0.144 e. The minimum atomic E-state index is 0.810. The quantitative estimate of drug-likeness (QED) is 0.831. The number of imidazole rings is 1. The molecule has 16 heavy (non-hydrogen) atoms. The fourth-order valence-corrected chi connectivity index (χ4v) is 2.37. The SMILES string of the molecule is COc1ccc(Br)cc1-c1nc(Br)cn1C. The van der Waals surface area contributed by atoms with Crippen LogP contribution in [-0.4, -0.2) is 16.7 Å². The van der Waals surface area contributed by atoms with Gasteiger partial charge in [-0.25, -0.2) is 4.98 Å². The Balaban J connectivity index is 2.62. The number of benzene rings is 1. The first-order valence-electron chi connectivity index (χ1n) is 4.64. The second-order valence-corrected chi connectivity index (χ2v) is 5.07. The average Bonchev–Trinajstić information content (AvgIpc) is 2.57. The molecule has 2 rings (SSSR count). The van der Waals surface area contributed by atoms with Gasteiger partial charge in [0.15, 0.2) is 0 Å². The van der Waals surface area contributed by atoms with Gasteiger partial charge in [-0.2, -0.15) is 0 Å². The lowest BCUT2D eigenvalue weighted by Crippen LogP contribution is -1.94. The number of hydrogen-bond donors (Lipinski definition) is 0. The Kier molecular flexibility index (Phi) is 3.35. The Morgan fingerprint density at radius 3 is 2.62 bits per heavy atom. The van der Waals surface area contributed by atoms with E-state index >= 15 is 0 Å². The predicted molar refractivity (Wildman–Crippen MR) is 70.6 cm³/mol. The van der Waals surface area contributed by atoms with Gasteiger partial charge in [-0.1, -0.05) is 15.9 Å². The Hall–Kier alpha value is -0.810. The summed E-state index contributed by atoms with van der Waals surface area (Å²) < 4.78 is 9.10. The minimum absolute atomic E-state index is 0.810. The van der Waals surface area contributed by atoms with Crippen molar-refractivity contribution in [1.82, 2.24) is 9.55 Å². The van der Waals surface area contributed by atoms with Gasteiger partial charge >= 0.3 is 0 Å². The van der Waals surface area contributed by atoms with Gasteiger partial charge in [-0.3, -0.25) is 0 Å². The highest BCUT2D eigenvalue weighted by Gasteiger charge is 2.12. The van der Waals surface area contributed by atoms with Crippen LogP contribution in [-0.2, 0) is 7.05 Å². The fourth-order valence-electron chi connectivity index (χ4n) is 1.54. The van der Waals surface area contributed by atoms with Crippen LogP contribution in [0.25, 0.3) is 11.4 Å². The summed E-state index contributed by atoms with van der Waals surface area (Å²) in [6, 6.07) is 5.86. The van der Waals surface area contributed by atoms with Crippen LogP contribution in [0.5, 0.6) is 5.75 Å². The van der Waals surface area contributed by atoms with Gasteiger partial charge in [0.25, 0.3) is 0 Å². The molecular weight excluding hydrogens is 336 g/mol. The van der Waals surface area contributed by atoms with Crippen LogP contribution in [0.3, 0.4) is 0 Å². The lowest BCUT2D eigenvalue weighted by Gasteiger charge is -2.08. The number of methoxy groups -OCH3 is 1. The van der Waals surface area contributed by atoms with Crippen LogP contribution >= 0.6 is 31.9 Å². The maximum absolute atomic E-state index is 5.33. The van der Waals surface area contributed by atoms with Gasteiger partial charge in [-0.05, 0) is 34.1 Å². The number of hydrogen-bond acceptors (Lipinski definition) is 2. The van der Waals surface area contributed by atoms with Crippen LogP contribution in [0.4, 0.5) is 0 Å². The first-order chi connectivity index (χ1) is 7.61. The molecule has 0 saturated heterocycles. The molecule has 3 nitrogen and oxygen atoms in total. The molecule has 2 aromatic rings. The van der Waals surface area contributed by atoms with Crippen molar-refractivity contribution in [3.05, 3.63) is 33.5 Å². The fraction of sp³-hybridized carbons (Fsp3) is 0.182. The van der Waals surface area contributed by atoms with E-state index in [2.05, 4.69) is 36.8 Å². The zero-order valence-corrected chi connectivity index (χ0v) is 12.0. The normalized spacial score (nSPS) is 10.5. The van der Waals surface area contributed by atoms with Crippen molar-refractivity contribution in [1.29, 1.82) is 0 Å². The molecule has 0 amide bonds. The first-order valence-corrected chi connectivity index (χ1v) is 6.23. The zero-order chi connectivity index (χ0) is 11.7. The van der Waals surface area contributed by atoms with Crippen molar-refractivity contribution in [3.8, 4) is 17.1 Å². The summed E-state index contributed by atoms with van der Waals surface area (Å²) in [5.41, 5.74) is 0.963. The molecule has 0 atom stereocenters. The molecule has 1 aromatic carbocycles. The Labute approximate surface area is 111 Å². The number of nitrogens with zero attached hydrogens (tertiary/aromatic N) is 2. The molecule has 0 fully saturated rings. The molecular formula is C11H10Br2N2O. The molecule has 0 aliphatic heterocycles. The van der Waals surface area contributed by atoms with E-state index in [-0.39, 0.29) is 0 Å². The van der Waals surface area contributed by atoms with Gasteiger partial charge < -0.3 is 9.30 Å². The number of ether oxygens (including phenoxy) is 1. The van der Waals surface area contributed by atoms with Gasteiger partial charge in [-0.15, -0.1) is 0 Å². The summed E-state index contributed by atoms with van der Waals surface area (Å²) in [5, 5.41) is 0. The van der Waals surface area contributed by atoms with Gasteiger partial charge in [0.1, 0.15) is 16.2 Å². The van der Waals surface area contributed by atoms with E-state index in [4.69, 9.17) is 4.74 Å². The highest BCUT2D eigenvalue weighted by molar-refractivity contribution is 9.10. The zero-order valence-electron chi connectivity index (χ0n) is 8.87. The molecule has 0 aliphatic carbocycles. The van der Waals surface area contributed by atoms with Crippen LogP contribution in [0.1, 0.15) is 0 Å². The Bertz CT molecular complexity index is 523. The number of rotatable bonds is 2. The maximum atomic E-state index is 5.33. The molecule has 0 radical (unpaired) electrons. The monoisotopic (exact) mass is 344 g/mol. The average molecular weight is 346 g/mol. The summed E-state index contributed by atoms with van der Waals surface area (Å²) in [6.45, 7) is 0. The van der Waals surface area contributed by atoms with Crippen LogP contribution in [0.2, 0.25) is 0 Å². The van der Waals surface area contributed by atoms with Gasteiger partial charge in [0, 0.05) is 17.7 Å². The molecule has 0 aliphatic rings. The van der Waals surface area contributed by atoms with Crippen LogP contribution in [0, 0.1) is 0 Å². The van der Waals surface area contributed by atoms with E-state index in [1.807, 2.05) is 36.0 Å². The molecule has 5 heteroatoms. The second-order valence-electron chi connectivity index (χ2n) is 3.34. The van der Waals surface area contributed by atoms with E-state index in [1.165, 1.54) is 0 Å². The van der Waals surface area contributed by atoms with Crippen molar-refractivity contribution in [3.63, 3.8) is 0 Å². The van der Waals surface area contributed by atoms with Crippen molar-refractivity contribution in [2.24, 2.45) is 7.05 Å². The smallest absolute Gasteiger partial charge is 0.144 e. The van der Waals surface area contributed by atoms with E-state index < -0.39 is 0 Å². The molecule has 0 N–H and O–H groups in total. The summed E-state index contributed by atoms with van der Waals surface area (Å²) in [6.07, 6.45) is 1.91. The highest BCUT2D eigenvalue weighted by Crippen LogP contribution is 2.32. The van der Waals surface area contributed by atoms with E-state index in [1.54, 1.807) is 7.11 Å². The standard InChI is InChI=1S/C11H10Br2N2O/c1-15-6-10(13)14-11(15)8-5-7(12)3-4-9(8)16-2/h3-6H,1-2H3. The molecule has 1 heterocycles. The summed E-state index contributed by atoms with van der Waals surface area (Å²) in [7, 11) is 3.61. The van der Waals surface area contributed by atoms with Crippen molar-refractivity contribution >= 4 is 31.9 Å². The number of aryl methyl sites for hydroxylation is 1.